The number of hydrogen-bond donors (Lipinski definition) is 2. The smallest absolute Gasteiger partial charge is 0.252 e. The van der Waals surface area contributed by atoms with Crippen molar-refractivity contribution in [2.24, 2.45) is 0 Å². The zero-order valence-corrected chi connectivity index (χ0v) is 12.4. The second kappa shape index (κ2) is 6.01. The molecule has 6 heteroatoms. The van der Waals surface area contributed by atoms with Gasteiger partial charge in [-0.15, -0.1) is 0 Å². The molecule has 1 aliphatic rings. The van der Waals surface area contributed by atoms with Crippen LogP contribution < -0.4 is 10.6 Å². The van der Waals surface area contributed by atoms with Gasteiger partial charge in [0.05, 0.1) is 12.7 Å². The van der Waals surface area contributed by atoms with Crippen LogP contribution in [0.15, 0.2) is 36.7 Å². The van der Waals surface area contributed by atoms with E-state index in [9.17, 15) is 9.59 Å². The molecule has 22 heavy (non-hydrogen) atoms. The van der Waals surface area contributed by atoms with Crippen LogP contribution in [0.1, 0.15) is 21.5 Å². The summed E-state index contributed by atoms with van der Waals surface area (Å²) in [6.07, 6.45) is 4.22. The molecular formula is C16H18N4O2. The van der Waals surface area contributed by atoms with E-state index in [1.165, 1.54) is 0 Å². The molecule has 0 bridgehead atoms. The minimum Gasteiger partial charge on any atom is -0.352 e. The van der Waals surface area contributed by atoms with Crippen molar-refractivity contribution in [3.63, 3.8) is 0 Å². The first-order valence-corrected chi connectivity index (χ1v) is 7.29. The Kier molecular flexibility index (Phi) is 3.91. The quantitative estimate of drug-likeness (QED) is 0.871. The summed E-state index contributed by atoms with van der Waals surface area (Å²) in [6, 6.07) is 6.86. The molecule has 3 rings (SSSR count). The van der Waals surface area contributed by atoms with E-state index in [1.54, 1.807) is 16.9 Å². The van der Waals surface area contributed by atoms with Crippen molar-refractivity contribution in [3.8, 4) is 0 Å². The lowest BCUT2D eigenvalue weighted by molar-refractivity contribution is -0.123. The molecule has 1 aliphatic heterocycles. The zero-order valence-electron chi connectivity index (χ0n) is 12.4. The molecule has 0 spiro atoms. The zero-order chi connectivity index (χ0) is 15.5. The normalized spacial score (nSPS) is 16.8. The summed E-state index contributed by atoms with van der Waals surface area (Å²) in [5, 5.41) is 9.76. The van der Waals surface area contributed by atoms with E-state index < -0.39 is 6.04 Å². The summed E-state index contributed by atoms with van der Waals surface area (Å²) in [5.74, 6) is -0.351. The highest BCUT2D eigenvalue weighted by molar-refractivity contribution is 6.00. The van der Waals surface area contributed by atoms with Gasteiger partial charge in [-0.2, -0.15) is 5.10 Å². The first kappa shape index (κ1) is 14.3. The summed E-state index contributed by atoms with van der Waals surface area (Å²) in [4.78, 5) is 24.2. The van der Waals surface area contributed by atoms with E-state index in [1.807, 2.05) is 31.3 Å². The number of carbonyl (C=O) groups excluding carboxylic acids is 2. The van der Waals surface area contributed by atoms with E-state index in [2.05, 4.69) is 15.7 Å². The van der Waals surface area contributed by atoms with E-state index in [0.717, 1.165) is 11.1 Å². The van der Waals surface area contributed by atoms with Gasteiger partial charge in [-0.1, -0.05) is 18.2 Å². The number of aryl methyl sites for hydroxylation is 1. The first-order valence-electron chi connectivity index (χ1n) is 7.29. The van der Waals surface area contributed by atoms with E-state index in [-0.39, 0.29) is 11.8 Å². The van der Waals surface area contributed by atoms with Gasteiger partial charge < -0.3 is 10.6 Å². The van der Waals surface area contributed by atoms with Gasteiger partial charge >= 0.3 is 0 Å². The molecular weight excluding hydrogens is 280 g/mol. The van der Waals surface area contributed by atoms with Crippen LogP contribution in [-0.2, 0) is 17.8 Å². The number of fused-ring (bicyclic) bond motifs is 1. The second-order valence-corrected chi connectivity index (χ2v) is 5.46. The first-order chi connectivity index (χ1) is 10.6. The summed E-state index contributed by atoms with van der Waals surface area (Å²) in [5.41, 5.74) is 2.65. The van der Waals surface area contributed by atoms with E-state index >= 15 is 0 Å². The van der Waals surface area contributed by atoms with Crippen LogP contribution in [0.25, 0.3) is 0 Å². The fourth-order valence-corrected chi connectivity index (χ4v) is 2.59. The lowest BCUT2D eigenvalue weighted by Gasteiger charge is -2.24. The number of hydrogen-bond acceptors (Lipinski definition) is 3. The predicted molar refractivity (Wildman–Crippen MR) is 81.4 cm³/mol. The van der Waals surface area contributed by atoms with Crippen LogP contribution in [0, 0.1) is 6.92 Å². The molecule has 0 fully saturated rings. The molecule has 1 aromatic heterocycles. The molecule has 2 aromatic rings. The topological polar surface area (TPSA) is 76.0 Å². The average Bonchev–Trinajstić information content (AvgIpc) is 2.92. The predicted octanol–water partition coefficient (Wildman–Crippen LogP) is 0.662. The minimum absolute atomic E-state index is 0.160. The maximum atomic E-state index is 12.2. The molecule has 2 amide bonds. The van der Waals surface area contributed by atoms with Crippen molar-refractivity contribution >= 4 is 11.8 Å². The maximum Gasteiger partial charge on any atom is 0.252 e. The van der Waals surface area contributed by atoms with Crippen LogP contribution in [0.2, 0.25) is 0 Å². The lowest BCUT2D eigenvalue weighted by atomic mass is 9.95. The van der Waals surface area contributed by atoms with Crippen molar-refractivity contribution in [1.82, 2.24) is 20.4 Å². The number of carbonyl (C=O) groups is 2. The van der Waals surface area contributed by atoms with Gasteiger partial charge in [0.25, 0.3) is 5.91 Å². The minimum atomic E-state index is -0.512. The number of nitrogens with zero attached hydrogens (tertiary/aromatic N) is 2. The maximum absolute atomic E-state index is 12.2. The third-order valence-electron chi connectivity index (χ3n) is 3.71. The molecule has 0 saturated carbocycles. The van der Waals surface area contributed by atoms with Gasteiger partial charge in [0, 0.05) is 24.7 Å². The third-order valence-corrected chi connectivity index (χ3v) is 3.71. The van der Waals surface area contributed by atoms with Crippen LogP contribution >= 0.6 is 0 Å². The Balaban J connectivity index is 1.56. The molecule has 0 saturated heterocycles. The van der Waals surface area contributed by atoms with E-state index in [4.69, 9.17) is 0 Å². The van der Waals surface area contributed by atoms with Crippen LogP contribution in [0.5, 0.6) is 0 Å². The van der Waals surface area contributed by atoms with Crippen molar-refractivity contribution in [2.45, 2.75) is 25.9 Å². The highest BCUT2D eigenvalue weighted by Gasteiger charge is 2.28. The van der Waals surface area contributed by atoms with Gasteiger partial charge in [0.1, 0.15) is 6.04 Å². The molecule has 114 valence electrons. The number of nitrogens with one attached hydrogen (secondary N) is 2. The largest absolute Gasteiger partial charge is 0.352 e. The standard InChI is InChI=1S/C16H18N4O2/c1-11-9-18-20(10-11)7-6-17-16(22)14-8-12-4-2-3-5-13(12)15(21)19-14/h2-5,9-10,14H,6-8H2,1H3,(H,17,22)(H,19,21). The van der Waals surface area contributed by atoms with Crippen molar-refractivity contribution < 1.29 is 9.59 Å². The van der Waals surface area contributed by atoms with Crippen molar-refractivity contribution in [3.05, 3.63) is 53.3 Å². The van der Waals surface area contributed by atoms with Gasteiger partial charge in [0.2, 0.25) is 5.91 Å². The summed E-state index contributed by atoms with van der Waals surface area (Å²) in [7, 11) is 0. The number of amides is 2. The fraction of sp³-hybridized carbons (Fsp3) is 0.312. The third kappa shape index (κ3) is 3.00. The summed E-state index contributed by atoms with van der Waals surface area (Å²) < 4.78 is 1.78. The van der Waals surface area contributed by atoms with Crippen LogP contribution in [-0.4, -0.2) is 34.2 Å². The molecule has 2 N–H and O–H groups in total. The monoisotopic (exact) mass is 298 g/mol. The molecule has 1 aromatic carbocycles. The molecule has 1 atom stereocenters. The van der Waals surface area contributed by atoms with Crippen molar-refractivity contribution in [1.29, 1.82) is 0 Å². The van der Waals surface area contributed by atoms with Gasteiger partial charge in [-0.3, -0.25) is 14.3 Å². The number of benzene rings is 1. The Morgan fingerprint density at radius 3 is 3.05 bits per heavy atom. The highest BCUT2D eigenvalue weighted by atomic mass is 16.2. The van der Waals surface area contributed by atoms with Crippen LogP contribution in [0.3, 0.4) is 0 Å². The van der Waals surface area contributed by atoms with Gasteiger partial charge in [-0.25, -0.2) is 0 Å². The fourth-order valence-electron chi connectivity index (χ4n) is 2.59. The Bertz CT molecular complexity index is 708. The van der Waals surface area contributed by atoms with E-state index in [0.29, 0.717) is 25.1 Å². The average molecular weight is 298 g/mol. The molecule has 0 radical (unpaired) electrons. The number of aromatic nitrogens is 2. The Hall–Kier alpha value is -2.63. The second-order valence-electron chi connectivity index (χ2n) is 5.46. The van der Waals surface area contributed by atoms with Gasteiger partial charge in [-0.05, 0) is 24.1 Å². The number of rotatable bonds is 4. The molecule has 6 nitrogen and oxygen atoms in total. The summed E-state index contributed by atoms with van der Waals surface area (Å²) in [6.45, 7) is 3.06. The SMILES string of the molecule is Cc1cnn(CCNC(=O)C2Cc3ccccc3C(=O)N2)c1. The Labute approximate surface area is 128 Å². The molecule has 0 aliphatic carbocycles. The Morgan fingerprint density at radius 2 is 2.27 bits per heavy atom. The van der Waals surface area contributed by atoms with Crippen LogP contribution in [0.4, 0.5) is 0 Å². The Morgan fingerprint density at radius 1 is 1.45 bits per heavy atom. The van der Waals surface area contributed by atoms with Crippen molar-refractivity contribution in [2.75, 3.05) is 6.54 Å². The molecule has 2 heterocycles. The highest BCUT2D eigenvalue weighted by Crippen LogP contribution is 2.16. The molecule has 1 unspecified atom stereocenters. The van der Waals surface area contributed by atoms with Gasteiger partial charge in [0.15, 0.2) is 0 Å². The lowest BCUT2D eigenvalue weighted by Crippen LogP contribution is -2.51. The summed E-state index contributed by atoms with van der Waals surface area (Å²) >= 11 is 0.